The Balaban J connectivity index is 3.32. The molecule has 0 atom stereocenters. The van der Waals surface area contributed by atoms with Gasteiger partial charge in [-0.25, -0.2) is 4.79 Å². The summed E-state index contributed by atoms with van der Waals surface area (Å²) >= 11 is 0. The highest BCUT2D eigenvalue weighted by Gasteiger charge is 2.07. The lowest BCUT2D eigenvalue weighted by Gasteiger charge is -2.06. The van der Waals surface area contributed by atoms with Crippen LogP contribution in [0.4, 0.5) is 0 Å². The van der Waals surface area contributed by atoms with Crippen LogP contribution in [0.1, 0.15) is 12.6 Å². The summed E-state index contributed by atoms with van der Waals surface area (Å²) in [6.07, 6.45) is -0.326. The summed E-state index contributed by atoms with van der Waals surface area (Å²) in [6, 6.07) is 1.12. The van der Waals surface area contributed by atoms with Crippen LogP contribution in [0, 0.1) is 0 Å². The maximum Gasteiger partial charge on any atom is 0.328 e. The van der Waals surface area contributed by atoms with Crippen LogP contribution in [0.15, 0.2) is 15.7 Å². The van der Waals surface area contributed by atoms with Crippen LogP contribution in [-0.4, -0.2) is 20.6 Å². The Kier molecular flexibility index (Phi) is 2.85. The highest BCUT2D eigenvalue weighted by molar-refractivity contribution is 5.69. The van der Waals surface area contributed by atoms with Crippen LogP contribution in [-0.2, 0) is 17.8 Å². The molecule has 1 rings (SSSR count). The molecule has 1 heterocycles. The normalized spacial score (nSPS) is 10.1. The van der Waals surface area contributed by atoms with Crippen molar-refractivity contribution in [2.75, 3.05) is 0 Å². The third kappa shape index (κ3) is 2.09. The van der Waals surface area contributed by atoms with Gasteiger partial charge in [-0.1, -0.05) is 0 Å². The SMILES string of the molecule is CCn1c(CC(=O)O)cc(=O)[nH]c1=O. The molecule has 76 valence electrons. The van der Waals surface area contributed by atoms with Gasteiger partial charge in [0.05, 0.1) is 6.42 Å². The van der Waals surface area contributed by atoms with Crippen LogP contribution in [0.5, 0.6) is 0 Å². The van der Waals surface area contributed by atoms with E-state index >= 15 is 0 Å². The molecule has 0 spiro atoms. The molecule has 0 amide bonds. The van der Waals surface area contributed by atoms with Crippen molar-refractivity contribution in [3.8, 4) is 0 Å². The van der Waals surface area contributed by atoms with Crippen molar-refractivity contribution in [1.82, 2.24) is 9.55 Å². The number of aliphatic carboxylic acids is 1. The number of nitrogens with zero attached hydrogens (tertiary/aromatic N) is 1. The molecule has 6 nitrogen and oxygen atoms in total. The molecule has 2 N–H and O–H groups in total. The number of nitrogens with one attached hydrogen (secondary N) is 1. The van der Waals surface area contributed by atoms with E-state index in [-0.39, 0.29) is 12.1 Å². The number of carbonyl (C=O) groups is 1. The maximum absolute atomic E-state index is 11.2. The molecule has 0 bridgehead atoms. The summed E-state index contributed by atoms with van der Waals surface area (Å²) in [5.74, 6) is -1.07. The van der Waals surface area contributed by atoms with E-state index in [0.717, 1.165) is 6.07 Å². The maximum atomic E-state index is 11.2. The summed E-state index contributed by atoms with van der Waals surface area (Å²) in [7, 11) is 0. The Morgan fingerprint density at radius 2 is 2.21 bits per heavy atom. The highest BCUT2D eigenvalue weighted by Crippen LogP contribution is 1.93. The van der Waals surface area contributed by atoms with Crippen LogP contribution < -0.4 is 11.2 Å². The molecule has 0 saturated carbocycles. The van der Waals surface area contributed by atoms with Crippen molar-refractivity contribution in [2.24, 2.45) is 0 Å². The molecule has 0 fully saturated rings. The van der Waals surface area contributed by atoms with Crippen LogP contribution in [0.3, 0.4) is 0 Å². The van der Waals surface area contributed by atoms with E-state index in [0.29, 0.717) is 6.54 Å². The lowest BCUT2D eigenvalue weighted by molar-refractivity contribution is -0.136. The van der Waals surface area contributed by atoms with Crippen molar-refractivity contribution >= 4 is 5.97 Å². The summed E-state index contributed by atoms with van der Waals surface area (Å²) in [4.78, 5) is 34.6. The van der Waals surface area contributed by atoms with Gasteiger partial charge in [-0.15, -0.1) is 0 Å². The number of carboxylic acid groups (broad SMARTS) is 1. The number of H-pyrrole nitrogens is 1. The number of rotatable bonds is 3. The number of aromatic amines is 1. The van der Waals surface area contributed by atoms with Gasteiger partial charge in [0.2, 0.25) is 0 Å². The number of carboxylic acids is 1. The second-order valence-electron chi connectivity index (χ2n) is 2.74. The fourth-order valence-electron chi connectivity index (χ4n) is 1.22. The van der Waals surface area contributed by atoms with E-state index in [1.54, 1.807) is 6.92 Å². The Bertz CT molecular complexity index is 457. The Morgan fingerprint density at radius 3 is 2.71 bits per heavy atom. The largest absolute Gasteiger partial charge is 0.481 e. The fraction of sp³-hybridized carbons (Fsp3) is 0.375. The molecular formula is C8H10N2O4. The van der Waals surface area contributed by atoms with Gasteiger partial charge >= 0.3 is 11.7 Å². The van der Waals surface area contributed by atoms with E-state index in [9.17, 15) is 14.4 Å². The molecule has 14 heavy (non-hydrogen) atoms. The number of hydrogen-bond acceptors (Lipinski definition) is 3. The summed E-state index contributed by atoms with van der Waals surface area (Å²) < 4.78 is 1.22. The topological polar surface area (TPSA) is 92.2 Å². The molecule has 1 aromatic heterocycles. The van der Waals surface area contributed by atoms with Crippen molar-refractivity contribution in [1.29, 1.82) is 0 Å². The predicted molar refractivity (Wildman–Crippen MR) is 48.3 cm³/mol. The Hall–Kier alpha value is -1.85. The highest BCUT2D eigenvalue weighted by atomic mass is 16.4. The summed E-state index contributed by atoms with van der Waals surface area (Å²) in [5, 5.41) is 8.54. The minimum Gasteiger partial charge on any atom is -0.481 e. The van der Waals surface area contributed by atoms with E-state index in [2.05, 4.69) is 4.98 Å². The first-order valence-corrected chi connectivity index (χ1v) is 4.09. The molecule has 0 unspecified atom stereocenters. The second kappa shape index (κ2) is 3.91. The molecule has 6 heteroatoms. The fourth-order valence-corrected chi connectivity index (χ4v) is 1.22. The van der Waals surface area contributed by atoms with Gasteiger partial charge in [0.25, 0.3) is 5.56 Å². The van der Waals surface area contributed by atoms with Gasteiger partial charge in [-0.05, 0) is 6.92 Å². The average molecular weight is 198 g/mol. The Morgan fingerprint density at radius 1 is 1.57 bits per heavy atom. The van der Waals surface area contributed by atoms with Gasteiger partial charge < -0.3 is 5.11 Å². The predicted octanol–water partition coefficient (Wildman–Crippen LogP) is -0.816. The number of hydrogen-bond donors (Lipinski definition) is 2. The van der Waals surface area contributed by atoms with Gasteiger partial charge in [0.15, 0.2) is 0 Å². The van der Waals surface area contributed by atoms with Gasteiger partial charge in [0.1, 0.15) is 0 Å². The molecule has 0 aromatic carbocycles. The zero-order chi connectivity index (χ0) is 10.7. The zero-order valence-corrected chi connectivity index (χ0v) is 7.61. The first-order valence-electron chi connectivity index (χ1n) is 4.09. The minimum absolute atomic E-state index is 0.216. The summed E-state index contributed by atoms with van der Waals surface area (Å²) in [6.45, 7) is 2.03. The third-order valence-corrected chi connectivity index (χ3v) is 1.77. The lowest BCUT2D eigenvalue weighted by Crippen LogP contribution is -2.32. The van der Waals surface area contributed by atoms with Gasteiger partial charge in [0, 0.05) is 18.3 Å². The average Bonchev–Trinajstić information content (AvgIpc) is 2.01. The molecular weight excluding hydrogens is 188 g/mol. The molecule has 0 radical (unpaired) electrons. The van der Waals surface area contributed by atoms with Crippen molar-refractivity contribution in [3.05, 3.63) is 32.6 Å². The standard InChI is InChI=1S/C8H10N2O4/c1-2-10-5(4-7(12)13)3-6(11)9-8(10)14/h3H,2,4H2,1H3,(H,12,13)(H,9,11,14). The van der Waals surface area contributed by atoms with E-state index in [4.69, 9.17) is 5.11 Å². The lowest BCUT2D eigenvalue weighted by atomic mass is 10.3. The van der Waals surface area contributed by atoms with E-state index in [1.807, 2.05) is 0 Å². The van der Waals surface area contributed by atoms with Crippen LogP contribution in [0.2, 0.25) is 0 Å². The quantitative estimate of drug-likeness (QED) is 0.664. The first kappa shape index (κ1) is 10.2. The summed E-state index contributed by atoms with van der Waals surface area (Å²) in [5.41, 5.74) is -0.930. The molecule has 0 aliphatic heterocycles. The van der Waals surface area contributed by atoms with Gasteiger partial charge in [-0.2, -0.15) is 0 Å². The van der Waals surface area contributed by atoms with Gasteiger partial charge in [-0.3, -0.25) is 19.1 Å². The van der Waals surface area contributed by atoms with Crippen molar-refractivity contribution in [2.45, 2.75) is 19.9 Å². The monoisotopic (exact) mass is 198 g/mol. The third-order valence-electron chi connectivity index (χ3n) is 1.77. The second-order valence-corrected chi connectivity index (χ2v) is 2.74. The smallest absolute Gasteiger partial charge is 0.328 e. The van der Waals surface area contributed by atoms with Crippen molar-refractivity contribution in [3.63, 3.8) is 0 Å². The molecule has 0 saturated heterocycles. The van der Waals surface area contributed by atoms with Crippen molar-refractivity contribution < 1.29 is 9.90 Å². The zero-order valence-electron chi connectivity index (χ0n) is 7.61. The molecule has 0 aliphatic carbocycles. The van der Waals surface area contributed by atoms with E-state index < -0.39 is 17.2 Å². The minimum atomic E-state index is -1.07. The molecule has 1 aromatic rings. The Labute approximate surface area is 78.8 Å². The first-order chi connectivity index (χ1) is 6.54. The molecule has 0 aliphatic rings. The van der Waals surface area contributed by atoms with Crippen LogP contribution in [0.25, 0.3) is 0 Å². The number of aromatic nitrogens is 2. The van der Waals surface area contributed by atoms with E-state index in [1.165, 1.54) is 4.57 Å². The van der Waals surface area contributed by atoms with Crippen LogP contribution >= 0.6 is 0 Å².